The number of nitrogens with zero attached hydrogens (tertiary/aromatic N) is 1. The molecule has 1 saturated heterocycles. The summed E-state index contributed by atoms with van der Waals surface area (Å²) >= 11 is 0. The molecule has 2 fully saturated rings. The number of hydrogen-bond acceptors (Lipinski definition) is 3. The molecule has 1 N–H and O–H groups in total. The smallest absolute Gasteiger partial charge is 0.0699 e. The summed E-state index contributed by atoms with van der Waals surface area (Å²) in [6.07, 6.45) is 8.27. The van der Waals surface area contributed by atoms with E-state index in [1.165, 1.54) is 38.6 Å². The molecule has 17 heavy (non-hydrogen) atoms. The van der Waals surface area contributed by atoms with E-state index in [-0.39, 0.29) is 0 Å². The van der Waals surface area contributed by atoms with Gasteiger partial charge in [0.15, 0.2) is 0 Å². The molecular formula is C14H28N2O. The Morgan fingerprint density at radius 3 is 2.94 bits per heavy atom. The van der Waals surface area contributed by atoms with Crippen LogP contribution in [0.15, 0.2) is 0 Å². The van der Waals surface area contributed by atoms with Gasteiger partial charge >= 0.3 is 0 Å². The van der Waals surface area contributed by atoms with Crippen molar-refractivity contribution in [2.75, 3.05) is 26.7 Å². The van der Waals surface area contributed by atoms with E-state index in [0.717, 1.165) is 31.7 Å². The van der Waals surface area contributed by atoms with Crippen LogP contribution in [0.1, 0.15) is 45.4 Å². The third-order valence-electron chi connectivity index (χ3n) is 4.41. The summed E-state index contributed by atoms with van der Waals surface area (Å²) in [6, 6.07) is 1.52. The van der Waals surface area contributed by atoms with Gasteiger partial charge in [0, 0.05) is 31.8 Å². The van der Waals surface area contributed by atoms with E-state index in [4.69, 9.17) is 4.74 Å². The fourth-order valence-electron chi connectivity index (χ4n) is 3.26. The van der Waals surface area contributed by atoms with Crippen LogP contribution < -0.4 is 5.32 Å². The van der Waals surface area contributed by atoms with Crippen molar-refractivity contribution in [3.8, 4) is 0 Å². The predicted molar refractivity (Wildman–Crippen MR) is 71.3 cm³/mol. The molecule has 0 aromatic heterocycles. The molecule has 1 aliphatic carbocycles. The summed E-state index contributed by atoms with van der Waals surface area (Å²) in [6.45, 7) is 5.58. The van der Waals surface area contributed by atoms with Crippen molar-refractivity contribution in [3.63, 3.8) is 0 Å². The molecular weight excluding hydrogens is 212 g/mol. The van der Waals surface area contributed by atoms with Crippen molar-refractivity contribution in [2.45, 2.75) is 63.6 Å². The first kappa shape index (κ1) is 13.3. The minimum Gasteiger partial charge on any atom is -0.377 e. The first-order chi connectivity index (χ1) is 8.33. The minimum absolute atomic E-state index is 0.465. The van der Waals surface area contributed by atoms with Gasteiger partial charge in [-0.2, -0.15) is 0 Å². The van der Waals surface area contributed by atoms with E-state index in [1.807, 2.05) is 0 Å². The number of ether oxygens (including phenoxy) is 1. The molecule has 1 saturated carbocycles. The topological polar surface area (TPSA) is 24.5 Å². The van der Waals surface area contributed by atoms with E-state index in [1.54, 1.807) is 0 Å². The summed E-state index contributed by atoms with van der Waals surface area (Å²) in [4.78, 5) is 2.70. The van der Waals surface area contributed by atoms with Crippen molar-refractivity contribution >= 4 is 0 Å². The molecule has 100 valence electrons. The number of rotatable bonds is 3. The lowest BCUT2D eigenvalue weighted by molar-refractivity contribution is 0.0401. The standard InChI is InChI=1S/C14H28N2O/c1-3-14-11-16(8-5-9-17-14)13-7-4-6-12(10-13)15-2/h12-15H,3-11H2,1-2H3. The Hall–Kier alpha value is -0.120. The Morgan fingerprint density at radius 2 is 2.18 bits per heavy atom. The normalized spacial score (nSPS) is 36.7. The number of hydrogen-bond donors (Lipinski definition) is 1. The SMILES string of the molecule is CCC1CN(C2CCCC(NC)C2)CCCO1. The largest absolute Gasteiger partial charge is 0.377 e. The summed E-state index contributed by atoms with van der Waals surface area (Å²) < 4.78 is 5.87. The van der Waals surface area contributed by atoms with E-state index < -0.39 is 0 Å². The van der Waals surface area contributed by atoms with Gasteiger partial charge in [0.2, 0.25) is 0 Å². The lowest BCUT2D eigenvalue weighted by Gasteiger charge is -2.37. The van der Waals surface area contributed by atoms with Gasteiger partial charge < -0.3 is 10.1 Å². The van der Waals surface area contributed by atoms with Crippen LogP contribution in [0.2, 0.25) is 0 Å². The minimum atomic E-state index is 0.465. The molecule has 1 heterocycles. The Morgan fingerprint density at radius 1 is 1.29 bits per heavy atom. The zero-order chi connectivity index (χ0) is 12.1. The lowest BCUT2D eigenvalue weighted by Crippen LogP contribution is -2.45. The zero-order valence-corrected chi connectivity index (χ0v) is 11.5. The molecule has 0 aromatic carbocycles. The van der Waals surface area contributed by atoms with Gasteiger partial charge in [-0.25, -0.2) is 0 Å². The van der Waals surface area contributed by atoms with Gasteiger partial charge in [0.25, 0.3) is 0 Å². The van der Waals surface area contributed by atoms with Crippen LogP contribution in [0.4, 0.5) is 0 Å². The van der Waals surface area contributed by atoms with E-state index in [2.05, 4.69) is 24.2 Å². The van der Waals surface area contributed by atoms with Gasteiger partial charge in [0.05, 0.1) is 6.10 Å². The second-order valence-corrected chi connectivity index (χ2v) is 5.56. The fourth-order valence-corrected chi connectivity index (χ4v) is 3.26. The average Bonchev–Trinajstić information content (AvgIpc) is 2.64. The van der Waals surface area contributed by atoms with Crippen LogP contribution in [0.25, 0.3) is 0 Å². The quantitative estimate of drug-likeness (QED) is 0.817. The first-order valence-corrected chi connectivity index (χ1v) is 7.36. The maximum atomic E-state index is 5.87. The Labute approximate surface area is 106 Å². The van der Waals surface area contributed by atoms with Crippen molar-refractivity contribution < 1.29 is 4.74 Å². The molecule has 3 unspecified atom stereocenters. The predicted octanol–water partition coefficient (Wildman–Crippen LogP) is 2.02. The molecule has 2 aliphatic rings. The average molecular weight is 240 g/mol. The van der Waals surface area contributed by atoms with Crippen LogP contribution in [0, 0.1) is 0 Å². The fraction of sp³-hybridized carbons (Fsp3) is 1.00. The van der Waals surface area contributed by atoms with Crippen molar-refractivity contribution in [3.05, 3.63) is 0 Å². The van der Waals surface area contributed by atoms with Gasteiger partial charge in [-0.05, 0) is 39.2 Å². The monoisotopic (exact) mass is 240 g/mol. The molecule has 1 aliphatic heterocycles. The van der Waals surface area contributed by atoms with Crippen molar-refractivity contribution in [1.29, 1.82) is 0 Å². The molecule has 0 bridgehead atoms. The molecule has 3 atom stereocenters. The Kier molecular flexibility index (Phi) is 5.26. The maximum Gasteiger partial charge on any atom is 0.0699 e. The van der Waals surface area contributed by atoms with Crippen LogP contribution in [0.5, 0.6) is 0 Å². The highest BCUT2D eigenvalue weighted by molar-refractivity contribution is 4.85. The molecule has 3 heteroatoms. The molecule has 0 spiro atoms. The third kappa shape index (κ3) is 3.67. The van der Waals surface area contributed by atoms with Gasteiger partial charge in [-0.3, -0.25) is 4.90 Å². The molecule has 3 nitrogen and oxygen atoms in total. The van der Waals surface area contributed by atoms with Crippen LogP contribution in [-0.2, 0) is 4.74 Å². The zero-order valence-electron chi connectivity index (χ0n) is 11.5. The summed E-state index contributed by atoms with van der Waals surface area (Å²) in [5.41, 5.74) is 0. The second-order valence-electron chi connectivity index (χ2n) is 5.56. The van der Waals surface area contributed by atoms with E-state index >= 15 is 0 Å². The van der Waals surface area contributed by atoms with Crippen molar-refractivity contribution in [2.24, 2.45) is 0 Å². The van der Waals surface area contributed by atoms with Gasteiger partial charge in [-0.1, -0.05) is 13.3 Å². The first-order valence-electron chi connectivity index (χ1n) is 7.36. The van der Waals surface area contributed by atoms with Crippen LogP contribution in [-0.4, -0.2) is 49.8 Å². The molecule has 2 rings (SSSR count). The summed E-state index contributed by atoms with van der Waals surface area (Å²) in [5, 5.41) is 3.46. The third-order valence-corrected chi connectivity index (χ3v) is 4.41. The van der Waals surface area contributed by atoms with Crippen LogP contribution >= 0.6 is 0 Å². The highest BCUT2D eigenvalue weighted by atomic mass is 16.5. The van der Waals surface area contributed by atoms with Gasteiger partial charge in [-0.15, -0.1) is 0 Å². The highest BCUT2D eigenvalue weighted by Gasteiger charge is 2.28. The lowest BCUT2D eigenvalue weighted by atomic mass is 9.89. The van der Waals surface area contributed by atoms with Crippen molar-refractivity contribution in [1.82, 2.24) is 10.2 Å². The number of nitrogens with one attached hydrogen (secondary N) is 1. The van der Waals surface area contributed by atoms with E-state index in [0.29, 0.717) is 6.10 Å². The van der Waals surface area contributed by atoms with Crippen LogP contribution in [0.3, 0.4) is 0 Å². The van der Waals surface area contributed by atoms with Gasteiger partial charge in [0.1, 0.15) is 0 Å². The second kappa shape index (κ2) is 6.72. The molecule has 0 amide bonds. The Balaban J connectivity index is 1.90. The molecule has 0 radical (unpaired) electrons. The maximum absolute atomic E-state index is 5.87. The highest BCUT2D eigenvalue weighted by Crippen LogP contribution is 2.25. The Bertz CT molecular complexity index is 222. The molecule has 0 aromatic rings. The van der Waals surface area contributed by atoms with E-state index in [9.17, 15) is 0 Å². The summed E-state index contributed by atoms with van der Waals surface area (Å²) in [5.74, 6) is 0. The summed E-state index contributed by atoms with van der Waals surface area (Å²) in [7, 11) is 2.10.